The molecule has 1 fully saturated rings. The van der Waals surface area contributed by atoms with E-state index in [-0.39, 0.29) is 34.8 Å². The molecule has 1 aliphatic rings. The molecule has 0 bridgehead atoms. The Morgan fingerprint density at radius 3 is 2.20 bits per heavy atom. The number of nitrogens with zero attached hydrogens (tertiary/aromatic N) is 1. The fourth-order valence-corrected chi connectivity index (χ4v) is 4.11. The molecule has 0 aliphatic carbocycles. The first-order valence-corrected chi connectivity index (χ1v) is 11.1. The van der Waals surface area contributed by atoms with Gasteiger partial charge in [-0.3, -0.25) is 4.72 Å². The molecule has 0 saturated carbocycles. The third kappa shape index (κ3) is 7.69. The van der Waals surface area contributed by atoms with Gasteiger partial charge in [0.1, 0.15) is 11.4 Å². The number of likely N-dealkylation sites (tertiary alicyclic amines) is 1. The average Bonchev–Trinajstić information content (AvgIpc) is 2.60. The quantitative estimate of drug-likeness (QED) is 0.465. The van der Waals surface area contributed by atoms with Crippen molar-refractivity contribution in [3.05, 3.63) is 35.1 Å². The van der Waals surface area contributed by atoms with Gasteiger partial charge in [0.25, 0.3) is 0 Å². The third-order valence-electron chi connectivity index (χ3n) is 4.81. The summed E-state index contributed by atoms with van der Waals surface area (Å²) in [6, 6.07) is 1.40. The van der Waals surface area contributed by atoms with Crippen molar-refractivity contribution in [1.29, 1.82) is 0 Å². The Morgan fingerprint density at radius 1 is 1.10 bits per heavy atom. The molecular formula is C22H33F3N2O2S. The number of carbonyl (C=O) groups is 1. The molecule has 0 spiro atoms. The zero-order valence-corrected chi connectivity index (χ0v) is 19.5. The van der Waals surface area contributed by atoms with Gasteiger partial charge in [0.15, 0.2) is 11.6 Å². The van der Waals surface area contributed by atoms with Crippen LogP contribution in [0.4, 0.5) is 18.0 Å². The van der Waals surface area contributed by atoms with Gasteiger partial charge in [-0.15, -0.1) is 0 Å². The number of benzene rings is 1. The zero-order valence-electron chi connectivity index (χ0n) is 18.7. The lowest BCUT2D eigenvalue weighted by Gasteiger charge is -2.37. The number of hydrogen-bond acceptors (Lipinski definition) is 4. The number of rotatable bonds is 5. The lowest BCUT2D eigenvalue weighted by molar-refractivity contribution is 0.0172. The largest absolute Gasteiger partial charge is 0.444 e. The Labute approximate surface area is 182 Å². The van der Waals surface area contributed by atoms with Crippen LogP contribution in [0.3, 0.4) is 0 Å². The predicted molar refractivity (Wildman–Crippen MR) is 115 cm³/mol. The van der Waals surface area contributed by atoms with E-state index in [9.17, 15) is 18.0 Å². The van der Waals surface area contributed by atoms with Crippen LogP contribution in [0.5, 0.6) is 0 Å². The highest BCUT2D eigenvalue weighted by Gasteiger charge is 2.32. The van der Waals surface area contributed by atoms with Crippen molar-refractivity contribution in [3.8, 4) is 0 Å². The van der Waals surface area contributed by atoms with Crippen molar-refractivity contribution in [2.45, 2.75) is 77.2 Å². The number of nitrogens with one attached hydrogen (secondary N) is 1. The van der Waals surface area contributed by atoms with Crippen LogP contribution in [0.15, 0.2) is 12.1 Å². The topological polar surface area (TPSA) is 41.6 Å². The van der Waals surface area contributed by atoms with E-state index in [1.54, 1.807) is 4.90 Å². The van der Waals surface area contributed by atoms with Gasteiger partial charge >= 0.3 is 6.09 Å². The van der Waals surface area contributed by atoms with E-state index < -0.39 is 23.1 Å². The Hall–Kier alpha value is -1.41. The standard InChI is InChI=1S/C22H33F3N2O2S/c1-21(2,3)29-20(28)27-9-7-14(8-10-27)19(26-30-22(4,5)6)12-15-11-17(24)18(25)13-16(15)23/h11,13-14,19,26H,7-10,12H2,1-6H3. The van der Waals surface area contributed by atoms with Crippen LogP contribution >= 0.6 is 11.9 Å². The second-order valence-electron chi connectivity index (χ2n) is 9.81. The van der Waals surface area contributed by atoms with E-state index in [1.807, 2.05) is 20.8 Å². The first kappa shape index (κ1) is 24.9. The Morgan fingerprint density at radius 2 is 1.67 bits per heavy atom. The first-order chi connectivity index (χ1) is 13.7. The summed E-state index contributed by atoms with van der Waals surface area (Å²) in [5.41, 5.74) is -0.401. The van der Waals surface area contributed by atoms with Gasteiger partial charge in [0, 0.05) is 29.9 Å². The van der Waals surface area contributed by atoms with Crippen LogP contribution < -0.4 is 4.72 Å². The van der Waals surface area contributed by atoms with Crippen LogP contribution in [0.25, 0.3) is 0 Å². The van der Waals surface area contributed by atoms with Crippen LogP contribution in [-0.4, -0.2) is 40.5 Å². The maximum Gasteiger partial charge on any atom is 0.410 e. The van der Waals surface area contributed by atoms with Crippen molar-refractivity contribution in [3.63, 3.8) is 0 Å². The SMILES string of the molecule is CC(C)(C)OC(=O)N1CCC(C(Cc2cc(F)c(F)cc2F)NSC(C)(C)C)CC1. The van der Waals surface area contributed by atoms with Crippen LogP contribution in [0.1, 0.15) is 59.9 Å². The lowest BCUT2D eigenvalue weighted by Crippen LogP contribution is -2.46. The molecule has 1 unspecified atom stereocenters. The molecule has 1 heterocycles. The highest BCUT2D eigenvalue weighted by atomic mass is 32.2. The summed E-state index contributed by atoms with van der Waals surface area (Å²) in [7, 11) is 0. The van der Waals surface area contributed by atoms with Crippen molar-refractivity contribution >= 4 is 18.0 Å². The summed E-state index contributed by atoms with van der Waals surface area (Å²) < 4.78 is 50.0. The molecule has 0 aromatic heterocycles. The molecule has 1 amide bonds. The number of carbonyl (C=O) groups excluding carboxylic acids is 1. The fraction of sp³-hybridized carbons (Fsp3) is 0.682. The number of amides is 1. The average molecular weight is 447 g/mol. The number of halogens is 3. The molecule has 2 rings (SSSR count). The van der Waals surface area contributed by atoms with E-state index in [0.717, 1.165) is 6.07 Å². The summed E-state index contributed by atoms with van der Waals surface area (Å²) in [6.07, 6.45) is 1.34. The second kappa shape index (κ2) is 9.81. The fourth-order valence-electron chi connectivity index (χ4n) is 3.33. The smallest absolute Gasteiger partial charge is 0.410 e. The van der Waals surface area contributed by atoms with E-state index in [4.69, 9.17) is 4.74 Å². The number of hydrogen-bond donors (Lipinski definition) is 1. The highest BCUT2D eigenvalue weighted by Crippen LogP contribution is 2.29. The Balaban J connectivity index is 2.09. The van der Waals surface area contributed by atoms with Gasteiger partial charge in [-0.05, 0) is 78.4 Å². The van der Waals surface area contributed by atoms with Crippen molar-refractivity contribution in [1.82, 2.24) is 9.62 Å². The summed E-state index contributed by atoms with van der Waals surface area (Å²) in [5, 5.41) is 0. The van der Waals surface area contributed by atoms with Crippen molar-refractivity contribution in [2.75, 3.05) is 13.1 Å². The van der Waals surface area contributed by atoms with Crippen LogP contribution in [-0.2, 0) is 11.2 Å². The molecule has 4 nitrogen and oxygen atoms in total. The molecule has 0 radical (unpaired) electrons. The van der Waals surface area contributed by atoms with Gasteiger partial charge in [-0.25, -0.2) is 18.0 Å². The zero-order chi connectivity index (χ0) is 22.7. The maximum absolute atomic E-state index is 14.2. The molecule has 1 saturated heterocycles. The van der Waals surface area contributed by atoms with Gasteiger partial charge in [-0.2, -0.15) is 0 Å². The van der Waals surface area contributed by atoms with Crippen molar-refractivity contribution in [2.24, 2.45) is 5.92 Å². The van der Waals surface area contributed by atoms with Crippen LogP contribution in [0.2, 0.25) is 0 Å². The molecule has 1 atom stereocenters. The van der Waals surface area contributed by atoms with Gasteiger partial charge in [-0.1, -0.05) is 11.9 Å². The normalized spacial score (nSPS) is 17.2. The predicted octanol–water partition coefficient (Wildman–Crippen LogP) is 5.70. The Bertz CT molecular complexity index is 739. The van der Waals surface area contributed by atoms with Crippen LogP contribution in [0, 0.1) is 23.4 Å². The molecule has 1 aromatic carbocycles. The number of ether oxygens (including phenoxy) is 1. The number of piperidine rings is 1. The molecule has 170 valence electrons. The molecular weight excluding hydrogens is 413 g/mol. The molecule has 30 heavy (non-hydrogen) atoms. The second-order valence-corrected chi connectivity index (χ2v) is 11.5. The van der Waals surface area contributed by atoms with Gasteiger partial charge in [0.05, 0.1) is 0 Å². The minimum atomic E-state index is -1.18. The first-order valence-electron chi connectivity index (χ1n) is 10.3. The lowest BCUT2D eigenvalue weighted by atomic mass is 9.86. The monoisotopic (exact) mass is 446 g/mol. The summed E-state index contributed by atoms with van der Waals surface area (Å²) in [4.78, 5) is 14.0. The van der Waals surface area contributed by atoms with Crippen molar-refractivity contribution < 1.29 is 22.7 Å². The highest BCUT2D eigenvalue weighted by molar-refractivity contribution is 7.98. The van der Waals surface area contributed by atoms with Gasteiger partial charge in [0.2, 0.25) is 0 Å². The Kier molecular flexibility index (Phi) is 8.13. The van der Waals surface area contributed by atoms with E-state index >= 15 is 0 Å². The van der Waals surface area contributed by atoms with E-state index in [0.29, 0.717) is 32.0 Å². The van der Waals surface area contributed by atoms with E-state index in [2.05, 4.69) is 25.5 Å². The van der Waals surface area contributed by atoms with E-state index in [1.165, 1.54) is 11.9 Å². The van der Waals surface area contributed by atoms with Gasteiger partial charge < -0.3 is 9.64 Å². The summed E-state index contributed by atoms with van der Waals surface area (Å²) >= 11 is 1.54. The molecule has 8 heteroatoms. The maximum atomic E-state index is 14.2. The molecule has 1 aromatic rings. The molecule has 1 N–H and O–H groups in total. The third-order valence-corrected chi connectivity index (χ3v) is 5.84. The summed E-state index contributed by atoms with van der Waals surface area (Å²) in [5.74, 6) is -2.82. The minimum absolute atomic E-state index is 0.0674. The molecule has 1 aliphatic heterocycles. The minimum Gasteiger partial charge on any atom is -0.444 e. The summed E-state index contributed by atoms with van der Waals surface area (Å²) in [6.45, 7) is 12.8.